The van der Waals surface area contributed by atoms with Crippen LogP contribution in [-0.4, -0.2) is 41.4 Å². The SMILES string of the molecule is CCC1(C2CCCCN2C(=O)OC(C)(C)C)CO1. The molecule has 2 unspecified atom stereocenters. The van der Waals surface area contributed by atoms with Gasteiger partial charge in [0, 0.05) is 6.54 Å². The zero-order valence-corrected chi connectivity index (χ0v) is 12.0. The van der Waals surface area contributed by atoms with Gasteiger partial charge in [-0.2, -0.15) is 0 Å². The second kappa shape index (κ2) is 4.72. The Bertz CT molecular complexity index is 317. The van der Waals surface area contributed by atoms with Crippen LogP contribution >= 0.6 is 0 Å². The van der Waals surface area contributed by atoms with E-state index in [1.54, 1.807) is 0 Å². The Labute approximate surface area is 110 Å². The Morgan fingerprint density at radius 1 is 1.44 bits per heavy atom. The molecular weight excluding hydrogens is 230 g/mol. The predicted octanol–water partition coefficient (Wildman–Crippen LogP) is 2.96. The quantitative estimate of drug-likeness (QED) is 0.712. The fraction of sp³-hybridized carbons (Fsp3) is 0.929. The third-order valence-electron chi connectivity index (χ3n) is 3.85. The number of ether oxygens (including phenoxy) is 2. The van der Waals surface area contributed by atoms with Crippen molar-refractivity contribution in [3.05, 3.63) is 0 Å². The van der Waals surface area contributed by atoms with E-state index >= 15 is 0 Å². The van der Waals surface area contributed by atoms with Gasteiger partial charge in [0.25, 0.3) is 0 Å². The summed E-state index contributed by atoms with van der Waals surface area (Å²) in [5.41, 5.74) is -0.514. The van der Waals surface area contributed by atoms with Gasteiger partial charge in [-0.15, -0.1) is 0 Å². The van der Waals surface area contributed by atoms with Gasteiger partial charge in [-0.1, -0.05) is 6.92 Å². The van der Waals surface area contributed by atoms with Crippen LogP contribution in [0.25, 0.3) is 0 Å². The third-order valence-corrected chi connectivity index (χ3v) is 3.85. The molecule has 2 atom stereocenters. The summed E-state index contributed by atoms with van der Waals surface area (Å²) < 4.78 is 11.2. The van der Waals surface area contributed by atoms with Crippen LogP contribution in [0.3, 0.4) is 0 Å². The van der Waals surface area contributed by atoms with Crippen molar-refractivity contribution in [1.82, 2.24) is 4.90 Å². The van der Waals surface area contributed by atoms with Gasteiger partial charge in [-0.3, -0.25) is 0 Å². The summed E-state index contributed by atoms with van der Waals surface area (Å²) in [6, 6.07) is 0.200. The zero-order chi connectivity index (χ0) is 13.4. The molecule has 2 aliphatic heterocycles. The van der Waals surface area contributed by atoms with E-state index in [-0.39, 0.29) is 17.7 Å². The van der Waals surface area contributed by atoms with Gasteiger partial charge in [0.1, 0.15) is 11.2 Å². The van der Waals surface area contributed by atoms with E-state index in [2.05, 4.69) is 6.92 Å². The molecule has 18 heavy (non-hydrogen) atoms. The number of carbonyl (C=O) groups excluding carboxylic acids is 1. The van der Waals surface area contributed by atoms with Gasteiger partial charge in [-0.25, -0.2) is 4.79 Å². The zero-order valence-electron chi connectivity index (χ0n) is 12.0. The maximum atomic E-state index is 12.3. The fourth-order valence-electron chi connectivity index (χ4n) is 2.74. The molecule has 2 heterocycles. The Balaban J connectivity index is 2.06. The molecule has 0 aliphatic carbocycles. The number of hydrogen-bond acceptors (Lipinski definition) is 3. The maximum Gasteiger partial charge on any atom is 0.410 e. The van der Waals surface area contributed by atoms with Crippen LogP contribution in [0, 0.1) is 0 Å². The van der Waals surface area contributed by atoms with Crippen molar-refractivity contribution in [1.29, 1.82) is 0 Å². The molecule has 4 nitrogen and oxygen atoms in total. The largest absolute Gasteiger partial charge is 0.444 e. The Morgan fingerprint density at radius 3 is 2.61 bits per heavy atom. The van der Waals surface area contributed by atoms with Crippen LogP contribution in [0.15, 0.2) is 0 Å². The minimum atomic E-state index is -0.428. The summed E-state index contributed by atoms with van der Waals surface area (Å²) in [6.45, 7) is 9.44. The molecule has 0 aromatic heterocycles. The Morgan fingerprint density at radius 2 is 2.11 bits per heavy atom. The summed E-state index contributed by atoms with van der Waals surface area (Å²) in [4.78, 5) is 14.2. The Kier molecular flexibility index (Phi) is 3.58. The van der Waals surface area contributed by atoms with Gasteiger partial charge < -0.3 is 14.4 Å². The van der Waals surface area contributed by atoms with Crippen LogP contribution in [0.2, 0.25) is 0 Å². The van der Waals surface area contributed by atoms with Crippen molar-refractivity contribution in [3.8, 4) is 0 Å². The van der Waals surface area contributed by atoms with Crippen molar-refractivity contribution in [2.24, 2.45) is 0 Å². The summed E-state index contributed by atoms with van der Waals surface area (Å²) in [5, 5.41) is 0. The first-order valence-corrected chi connectivity index (χ1v) is 7.01. The van der Waals surface area contributed by atoms with Crippen LogP contribution in [0.5, 0.6) is 0 Å². The van der Waals surface area contributed by atoms with E-state index in [4.69, 9.17) is 9.47 Å². The van der Waals surface area contributed by atoms with Gasteiger partial charge in [-0.05, 0) is 46.5 Å². The van der Waals surface area contributed by atoms with Crippen molar-refractivity contribution < 1.29 is 14.3 Å². The third kappa shape index (κ3) is 2.79. The molecule has 2 fully saturated rings. The standard InChI is InChI=1S/C14H25NO3/c1-5-14(10-17-14)11-8-6-7-9-15(11)12(16)18-13(2,3)4/h11H,5-10H2,1-4H3. The number of rotatable bonds is 2. The highest BCUT2D eigenvalue weighted by Gasteiger charge is 2.54. The normalized spacial score (nSPS) is 32.2. The molecule has 0 bridgehead atoms. The number of likely N-dealkylation sites (tertiary alicyclic amines) is 1. The van der Waals surface area contributed by atoms with Gasteiger partial charge >= 0.3 is 6.09 Å². The lowest BCUT2D eigenvalue weighted by atomic mass is 9.89. The minimum Gasteiger partial charge on any atom is -0.444 e. The highest BCUT2D eigenvalue weighted by molar-refractivity contribution is 5.69. The lowest BCUT2D eigenvalue weighted by molar-refractivity contribution is -0.00357. The van der Waals surface area contributed by atoms with E-state index < -0.39 is 5.60 Å². The molecule has 0 aromatic rings. The lowest BCUT2D eigenvalue weighted by Crippen LogP contribution is -2.52. The van der Waals surface area contributed by atoms with Crippen molar-refractivity contribution in [2.75, 3.05) is 13.2 Å². The molecule has 1 amide bonds. The van der Waals surface area contributed by atoms with Gasteiger partial charge in [0.15, 0.2) is 0 Å². The number of epoxide rings is 1. The summed E-state index contributed by atoms with van der Waals surface area (Å²) in [7, 11) is 0. The molecule has 4 heteroatoms. The first-order valence-electron chi connectivity index (χ1n) is 7.01. The second-order valence-corrected chi connectivity index (χ2v) is 6.39. The lowest BCUT2D eigenvalue weighted by Gasteiger charge is -2.39. The highest BCUT2D eigenvalue weighted by Crippen LogP contribution is 2.41. The number of hydrogen-bond donors (Lipinski definition) is 0. The highest BCUT2D eigenvalue weighted by atomic mass is 16.6. The first kappa shape index (κ1) is 13.7. The fourth-order valence-corrected chi connectivity index (χ4v) is 2.74. The average Bonchev–Trinajstić information content (AvgIpc) is 3.07. The molecule has 0 saturated carbocycles. The number of piperidine rings is 1. The number of carbonyl (C=O) groups is 1. The number of nitrogens with zero attached hydrogens (tertiary/aromatic N) is 1. The predicted molar refractivity (Wildman–Crippen MR) is 69.6 cm³/mol. The Hall–Kier alpha value is -0.770. The molecular formula is C14H25NO3. The van der Waals surface area contributed by atoms with E-state index in [9.17, 15) is 4.79 Å². The number of amides is 1. The van der Waals surface area contributed by atoms with Crippen LogP contribution in [0.4, 0.5) is 4.79 Å². The minimum absolute atomic E-state index is 0.0860. The summed E-state index contributed by atoms with van der Waals surface area (Å²) >= 11 is 0. The van der Waals surface area contributed by atoms with Gasteiger partial charge in [0.2, 0.25) is 0 Å². The molecule has 0 spiro atoms. The molecule has 104 valence electrons. The van der Waals surface area contributed by atoms with Crippen LogP contribution in [-0.2, 0) is 9.47 Å². The van der Waals surface area contributed by atoms with Gasteiger partial charge in [0.05, 0.1) is 12.6 Å². The molecule has 2 rings (SSSR count). The molecule has 2 saturated heterocycles. The molecule has 2 aliphatic rings. The van der Waals surface area contributed by atoms with Crippen molar-refractivity contribution in [2.45, 2.75) is 70.6 Å². The van der Waals surface area contributed by atoms with E-state index in [0.29, 0.717) is 0 Å². The van der Waals surface area contributed by atoms with E-state index in [1.807, 2.05) is 25.7 Å². The first-order chi connectivity index (χ1) is 8.38. The maximum absolute atomic E-state index is 12.3. The monoisotopic (exact) mass is 255 g/mol. The van der Waals surface area contributed by atoms with Crippen molar-refractivity contribution >= 4 is 6.09 Å². The summed E-state index contributed by atoms with van der Waals surface area (Å²) in [6.07, 6.45) is 4.06. The summed E-state index contributed by atoms with van der Waals surface area (Å²) in [5.74, 6) is 0. The van der Waals surface area contributed by atoms with E-state index in [0.717, 1.165) is 32.4 Å². The average molecular weight is 255 g/mol. The molecule has 0 radical (unpaired) electrons. The smallest absolute Gasteiger partial charge is 0.410 e. The van der Waals surface area contributed by atoms with Crippen molar-refractivity contribution in [3.63, 3.8) is 0 Å². The molecule has 0 aromatic carbocycles. The van der Waals surface area contributed by atoms with E-state index in [1.165, 1.54) is 6.42 Å². The van der Waals surface area contributed by atoms with Crippen LogP contribution < -0.4 is 0 Å². The van der Waals surface area contributed by atoms with Crippen LogP contribution in [0.1, 0.15) is 53.4 Å². The topological polar surface area (TPSA) is 42.1 Å². The molecule has 0 N–H and O–H groups in total. The second-order valence-electron chi connectivity index (χ2n) is 6.39.